The Balaban J connectivity index is 0.00000144. The summed E-state index contributed by atoms with van der Waals surface area (Å²) in [6, 6.07) is 0. The summed E-state index contributed by atoms with van der Waals surface area (Å²) < 4.78 is 0. The van der Waals surface area contributed by atoms with Crippen molar-refractivity contribution in [3.8, 4) is 0 Å². The van der Waals surface area contributed by atoms with E-state index >= 15 is 0 Å². The van der Waals surface area contributed by atoms with Crippen LogP contribution in [-0.2, 0) is 0 Å². The van der Waals surface area contributed by atoms with Gasteiger partial charge in [0, 0.05) is 7.12 Å². The van der Waals surface area contributed by atoms with E-state index in [0.29, 0.717) is 0 Å². The molecule has 0 fully saturated rings. The number of allylic oxidation sites excluding steroid dienone is 5. The van der Waals surface area contributed by atoms with E-state index in [-0.39, 0.29) is 1.43 Å². The minimum Gasteiger partial charge on any atom is -0.399 e. The topological polar surface area (TPSA) is 26.0 Å². The van der Waals surface area contributed by atoms with Crippen molar-refractivity contribution in [1.29, 1.82) is 0 Å². The highest BCUT2D eigenvalue weighted by Crippen LogP contribution is 2.19. The molecule has 0 bridgehead atoms. The Morgan fingerprint density at radius 1 is 1.67 bits per heavy atom. The van der Waals surface area contributed by atoms with Crippen molar-refractivity contribution in [2.75, 3.05) is 0 Å². The molecule has 0 saturated heterocycles. The van der Waals surface area contributed by atoms with Crippen LogP contribution in [0, 0.1) is 0 Å². The summed E-state index contributed by atoms with van der Waals surface area (Å²) in [5.74, 6) is 0. The zero-order valence-electron chi connectivity index (χ0n) is 7.72. The second-order valence-corrected chi connectivity index (χ2v) is 3.08. The molecule has 1 aliphatic carbocycles. The fraction of sp³-hybridized carbons (Fsp3) is 0.455. The van der Waals surface area contributed by atoms with E-state index < -0.39 is 0 Å². The van der Waals surface area contributed by atoms with E-state index in [1.807, 2.05) is 0 Å². The minimum atomic E-state index is 0. The molecule has 2 N–H and O–H groups in total. The molecule has 0 aromatic rings. The van der Waals surface area contributed by atoms with Crippen LogP contribution in [0.25, 0.3) is 0 Å². The molecule has 0 spiro atoms. The summed E-state index contributed by atoms with van der Waals surface area (Å²) in [4.78, 5) is 0. The molecule has 12 heavy (non-hydrogen) atoms. The van der Waals surface area contributed by atoms with Crippen molar-refractivity contribution in [3.63, 3.8) is 0 Å². The summed E-state index contributed by atoms with van der Waals surface area (Å²) in [5.41, 5.74) is 8.09. The number of hydrogen-bond donors (Lipinski definition) is 1. The van der Waals surface area contributed by atoms with Crippen LogP contribution < -0.4 is 5.73 Å². The fourth-order valence-electron chi connectivity index (χ4n) is 1.33. The van der Waals surface area contributed by atoms with Crippen LogP contribution >= 0.6 is 0 Å². The fourth-order valence-corrected chi connectivity index (χ4v) is 1.33. The Morgan fingerprint density at radius 2 is 2.50 bits per heavy atom. The molecule has 1 heteroatoms. The van der Waals surface area contributed by atoms with Crippen molar-refractivity contribution in [2.45, 2.75) is 32.6 Å². The average molecular weight is 165 g/mol. The molecule has 0 heterocycles. The van der Waals surface area contributed by atoms with E-state index in [1.165, 1.54) is 12.0 Å². The lowest BCUT2D eigenvalue weighted by molar-refractivity contribution is 0.797. The van der Waals surface area contributed by atoms with Gasteiger partial charge in [0.2, 0.25) is 0 Å². The summed E-state index contributed by atoms with van der Waals surface area (Å²) in [6.45, 7) is 2.13. The van der Waals surface area contributed by atoms with Gasteiger partial charge in [-0.2, -0.15) is 0 Å². The maximum atomic E-state index is 5.82. The smallest absolute Gasteiger partial charge is 0.0306 e. The second kappa shape index (κ2) is 4.81. The number of rotatable bonds is 2. The monoisotopic (exact) mass is 165 g/mol. The SMILES string of the molecule is CC/C=C\C=C1/CCCC=C1N.[HH]. The van der Waals surface area contributed by atoms with E-state index in [0.717, 1.165) is 25.0 Å². The van der Waals surface area contributed by atoms with Crippen LogP contribution in [0.5, 0.6) is 0 Å². The molecule has 1 aliphatic rings. The van der Waals surface area contributed by atoms with Crippen molar-refractivity contribution < 1.29 is 1.43 Å². The molecule has 1 rings (SSSR count). The lowest BCUT2D eigenvalue weighted by Gasteiger charge is -2.11. The highest BCUT2D eigenvalue weighted by atomic mass is 14.6. The standard InChI is InChI=1S/C11H17N.H2/c1-2-3-4-7-10-8-5-6-9-11(10)12;/h3-4,7,9H,2,5-6,8,12H2,1H3;1H/b4-3-,10-7+;. The van der Waals surface area contributed by atoms with Crippen LogP contribution in [0.15, 0.2) is 35.6 Å². The number of hydrogen-bond acceptors (Lipinski definition) is 1. The minimum absolute atomic E-state index is 0. The largest absolute Gasteiger partial charge is 0.399 e. The van der Waals surface area contributed by atoms with Gasteiger partial charge in [-0.05, 0) is 31.3 Å². The van der Waals surface area contributed by atoms with Gasteiger partial charge >= 0.3 is 0 Å². The molecular formula is C11H19N. The van der Waals surface area contributed by atoms with Crippen LogP contribution in [0.2, 0.25) is 0 Å². The third-order valence-electron chi connectivity index (χ3n) is 2.05. The van der Waals surface area contributed by atoms with Crippen molar-refractivity contribution in [1.82, 2.24) is 0 Å². The Kier molecular flexibility index (Phi) is 3.65. The van der Waals surface area contributed by atoms with E-state index in [4.69, 9.17) is 5.73 Å². The summed E-state index contributed by atoms with van der Waals surface area (Å²) in [5, 5.41) is 0. The number of nitrogens with two attached hydrogens (primary N) is 1. The van der Waals surface area contributed by atoms with E-state index in [9.17, 15) is 0 Å². The molecule has 0 aliphatic heterocycles. The Hall–Kier alpha value is -0.980. The Labute approximate surface area is 76.1 Å². The third-order valence-corrected chi connectivity index (χ3v) is 2.05. The molecule has 68 valence electrons. The van der Waals surface area contributed by atoms with Gasteiger partial charge in [0.05, 0.1) is 0 Å². The van der Waals surface area contributed by atoms with E-state index in [1.54, 1.807) is 0 Å². The maximum absolute atomic E-state index is 5.82. The molecule has 0 saturated carbocycles. The first-order valence-corrected chi connectivity index (χ1v) is 4.66. The first-order chi connectivity index (χ1) is 5.84. The molecule has 0 aromatic heterocycles. The quantitative estimate of drug-likeness (QED) is 0.668. The van der Waals surface area contributed by atoms with Gasteiger partial charge in [-0.1, -0.05) is 31.2 Å². The molecule has 0 atom stereocenters. The van der Waals surface area contributed by atoms with Gasteiger partial charge in [0.15, 0.2) is 0 Å². The lowest BCUT2D eigenvalue weighted by Crippen LogP contribution is -2.04. The molecule has 1 nitrogen and oxygen atoms in total. The molecule has 0 unspecified atom stereocenters. The van der Waals surface area contributed by atoms with Gasteiger partial charge in [0.25, 0.3) is 0 Å². The van der Waals surface area contributed by atoms with Crippen LogP contribution in [0.1, 0.15) is 34.0 Å². The van der Waals surface area contributed by atoms with Crippen molar-refractivity contribution >= 4 is 0 Å². The first kappa shape index (κ1) is 9.11. The zero-order chi connectivity index (χ0) is 8.81. The summed E-state index contributed by atoms with van der Waals surface area (Å²) >= 11 is 0. The van der Waals surface area contributed by atoms with Gasteiger partial charge in [-0.25, -0.2) is 0 Å². The zero-order valence-corrected chi connectivity index (χ0v) is 7.72. The molecular weight excluding hydrogens is 146 g/mol. The normalized spacial score (nSPS) is 21.8. The summed E-state index contributed by atoms with van der Waals surface area (Å²) in [7, 11) is 0. The second-order valence-electron chi connectivity index (χ2n) is 3.08. The molecule has 0 radical (unpaired) electrons. The predicted molar refractivity (Wildman–Crippen MR) is 55.7 cm³/mol. The van der Waals surface area contributed by atoms with Gasteiger partial charge in [-0.3, -0.25) is 0 Å². The third kappa shape index (κ3) is 2.57. The Morgan fingerprint density at radius 3 is 3.17 bits per heavy atom. The van der Waals surface area contributed by atoms with Gasteiger partial charge in [0.1, 0.15) is 0 Å². The highest BCUT2D eigenvalue weighted by Gasteiger charge is 2.04. The van der Waals surface area contributed by atoms with Crippen molar-refractivity contribution in [2.24, 2.45) is 5.73 Å². The van der Waals surface area contributed by atoms with E-state index in [2.05, 4.69) is 31.2 Å². The highest BCUT2D eigenvalue weighted by molar-refractivity contribution is 5.33. The molecule has 0 aromatic carbocycles. The Bertz CT molecular complexity index is 226. The first-order valence-electron chi connectivity index (χ1n) is 4.66. The average Bonchev–Trinajstić information content (AvgIpc) is 2.09. The maximum Gasteiger partial charge on any atom is 0.0306 e. The summed E-state index contributed by atoms with van der Waals surface area (Å²) in [6.07, 6.45) is 13.1. The predicted octanol–water partition coefficient (Wildman–Crippen LogP) is 3.15. The van der Waals surface area contributed by atoms with Crippen LogP contribution in [-0.4, -0.2) is 0 Å². The molecule has 0 amide bonds. The lowest BCUT2D eigenvalue weighted by atomic mass is 9.98. The van der Waals surface area contributed by atoms with Crippen LogP contribution in [0.4, 0.5) is 0 Å². The van der Waals surface area contributed by atoms with Gasteiger partial charge < -0.3 is 5.73 Å². The van der Waals surface area contributed by atoms with Crippen LogP contribution in [0.3, 0.4) is 0 Å². The van der Waals surface area contributed by atoms with Gasteiger partial charge in [-0.15, -0.1) is 0 Å². The van der Waals surface area contributed by atoms with Crippen molar-refractivity contribution in [3.05, 3.63) is 35.6 Å².